The Kier molecular flexibility index (Phi) is 4.81. The van der Waals surface area contributed by atoms with Gasteiger partial charge in [0.1, 0.15) is 5.82 Å². The van der Waals surface area contributed by atoms with Crippen molar-refractivity contribution in [2.24, 2.45) is 12.0 Å². The van der Waals surface area contributed by atoms with Crippen LogP contribution in [0.15, 0.2) is 41.5 Å². The molecule has 1 aliphatic rings. The fraction of sp³-hybridized carbons (Fsp3) is 0.389. The lowest BCUT2D eigenvalue weighted by Crippen LogP contribution is -2.40. The molecule has 0 radical (unpaired) electrons. The van der Waals surface area contributed by atoms with Crippen LogP contribution in [0.5, 0.6) is 0 Å². The largest absolute Gasteiger partial charge is 0.353 e. The Morgan fingerprint density at radius 2 is 2.21 bits per heavy atom. The highest BCUT2D eigenvalue weighted by Gasteiger charge is 2.40. The zero-order valence-corrected chi connectivity index (χ0v) is 14.9. The monoisotopic (exact) mass is 348 g/mol. The summed E-state index contributed by atoms with van der Waals surface area (Å²) < 4.78 is 15.9. The van der Waals surface area contributed by atoms with E-state index in [1.165, 1.54) is 6.07 Å². The molecule has 3 rings (SSSR count). The second-order valence-electron chi connectivity index (χ2n) is 6.28. The van der Waals surface area contributed by atoms with Crippen LogP contribution in [0, 0.1) is 5.82 Å². The predicted octanol–water partition coefficient (Wildman–Crippen LogP) is 3.38. The molecule has 0 spiro atoms. The van der Waals surface area contributed by atoms with Crippen molar-refractivity contribution in [2.75, 3.05) is 14.1 Å². The van der Waals surface area contributed by atoms with E-state index in [2.05, 4.69) is 10.3 Å². The number of hydrogen-bond donors (Lipinski definition) is 1. The molecule has 2 unspecified atom stereocenters. The molecule has 1 saturated carbocycles. The van der Waals surface area contributed by atoms with Gasteiger partial charge in [-0.25, -0.2) is 4.39 Å². The molecule has 2 aromatic rings. The summed E-state index contributed by atoms with van der Waals surface area (Å²) in [6.45, 7) is 0.694. The van der Waals surface area contributed by atoms with E-state index in [1.54, 1.807) is 13.1 Å². The van der Waals surface area contributed by atoms with Crippen molar-refractivity contribution in [1.29, 1.82) is 0 Å². The molecule has 24 heavy (non-hydrogen) atoms. The summed E-state index contributed by atoms with van der Waals surface area (Å²) in [6, 6.07) is 9.16. The number of nitrogens with one attached hydrogen (secondary N) is 1. The van der Waals surface area contributed by atoms with E-state index in [0.717, 1.165) is 28.7 Å². The van der Waals surface area contributed by atoms with Crippen molar-refractivity contribution in [3.8, 4) is 0 Å². The molecule has 4 nitrogen and oxygen atoms in total. The molecule has 6 heteroatoms. The molecule has 0 aliphatic heterocycles. The van der Waals surface area contributed by atoms with Gasteiger partial charge in [-0.15, -0.1) is 0 Å². The summed E-state index contributed by atoms with van der Waals surface area (Å²) >= 11 is 6.04. The molecule has 128 valence electrons. The molecule has 1 aromatic carbocycles. The molecule has 0 saturated heterocycles. The van der Waals surface area contributed by atoms with Gasteiger partial charge in [-0.2, -0.15) is 0 Å². The van der Waals surface area contributed by atoms with E-state index < -0.39 is 0 Å². The molecule has 1 heterocycles. The minimum absolute atomic E-state index is 0.131. The zero-order chi connectivity index (χ0) is 17.3. The minimum Gasteiger partial charge on any atom is -0.353 e. The molecule has 0 bridgehead atoms. The van der Waals surface area contributed by atoms with E-state index in [1.807, 2.05) is 48.0 Å². The Bertz CT molecular complexity index is 755. The van der Waals surface area contributed by atoms with Crippen LogP contribution in [-0.4, -0.2) is 35.6 Å². The van der Waals surface area contributed by atoms with E-state index in [0.29, 0.717) is 6.54 Å². The van der Waals surface area contributed by atoms with Crippen molar-refractivity contribution >= 4 is 17.6 Å². The van der Waals surface area contributed by atoms with Gasteiger partial charge in [0.2, 0.25) is 0 Å². The fourth-order valence-corrected chi connectivity index (χ4v) is 3.30. The minimum atomic E-state index is -0.131. The van der Waals surface area contributed by atoms with Gasteiger partial charge >= 0.3 is 0 Å². The Hall–Kier alpha value is -2.01. The van der Waals surface area contributed by atoms with E-state index in [4.69, 9.17) is 11.6 Å². The first-order chi connectivity index (χ1) is 11.5. The van der Waals surface area contributed by atoms with Gasteiger partial charge in [0.25, 0.3) is 0 Å². The van der Waals surface area contributed by atoms with Crippen LogP contribution in [-0.2, 0) is 13.6 Å². The van der Waals surface area contributed by atoms with Gasteiger partial charge in [-0.1, -0.05) is 29.8 Å². The number of aromatic nitrogens is 1. The lowest BCUT2D eigenvalue weighted by atomic mass is 10.1. The molecular formula is C18H22ClFN4. The SMILES string of the molecule is CN=C(NC1CC1c1ccccc1F)N(C)Cc1cc(Cl)cn1C. The molecule has 1 aromatic heterocycles. The Morgan fingerprint density at radius 3 is 2.83 bits per heavy atom. The van der Waals surface area contributed by atoms with Crippen molar-refractivity contribution < 1.29 is 4.39 Å². The van der Waals surface area contributed by atoms with E-state index >= 15 is 0 Å². The van der Waals surface area contributed by atoms with Crippen molar-refractivity contribution in [3.63, 3.8) is 0 Å². The molecule has 1 aliphatic carbocycles. The third-order valence-corrected chi connectivity index (χ3v) is 4.66. The van der Waals surface area contributed by atoms with Crippen LogP contribution >= 0.6 is 11.6 Å². The quantitative estimate of drug-likeness (QED) is 0.678. The van der Waals surface area contributed by atoms with E-state index in [-0.39, 0.29) is 17.8 Å². The van der Waals surface area contributed by atoms with Gasteiger partial charge in [0.05, 0.1) is 11.6 Å². The highest BCUT2D eigenvalue weighted by molar-refractivity contribution is 6.30. The fourth-order valence-electron chi connectivity index (χ4n) is 3.03. The first-order valence-corrected chi connectivity index (χ1v) is 8.37. The molecular weight excluding hydrogens is 327 g/mol. The topological polar surface area (TPSA) is 32.6 Å². The Labute approximate surface area is 146 Å². The van der Waals surface area contributed by atoms with Gasteiger partial charge in [0.15, 0.2) is 5.96 Å². The van der Waals surface area contributed by atoms with Crippen molar-refractivity contribution in [3.05, 3.63) is 58.6 Å². The first-order valence-electron chi connectivity index (χ1n) is 7.99. The van der Waals surface area contributed by atoms with Gasteiger partial charge in [-0.05, 0) is 24.1 Å². The highest BCUT2D eigenvalue weighted by Crippen LogP contribution is 2.41. The van der Waals surface area contributed by atoms with Gasteiger partial charge < -0.3 is 14.8 Å². The number of rotatable bonds is 4. The van der Waals surface area contributed by atoms with Crippen LogP contribution in [0.3, 0.4) is 0 Å². The predicted molar refractivity (Wildman–Crippen MR) is 95.9 cm³/mol. The maximum absolute atomic E-state index is 13.9. The number of benzene rings is 1. The number of hydrogen-bond acceptors (Lipinski definition) is 1. The Morgan fingerprint density at radius 1 is 1.46 bits per heavy atom. The van der Waals surface area contributed by atoms with Crippen LogP contribution < -0.4 is 5.32 Å². The third-order valence-electron chi connectivity index (χ3n) is 4.46. The number of halogens is 2. The van der Waals surface area contributed by atoms with Crippen LogP contribution in [0.2, 0.25) is 5.02 Å². The van der Waals surface area contributed by atoms with Gasteiger partial charge in [0, 0.05) is 45.0 Å². The number of aryl methyl sites for hydroxylation is 1. The first kappa shape index (κ1) is 16.8. The smallest absolute Gasteiger partial charge is 0.193 e. The second-order valence-corrected chi connectivity index (χ2v) is 6.71. The summed E-state index contributed by atoms with van der Waals surface area (Å²) in [5.41, 5.74) is 1.88. The lowest BCUT2D eigenvalue weighted by Gasteiger charge is -2.22. The maximum atomic E-state index is 13.9. The second kappa shape index (κ2) is 6.85. The number of guanidine groups is 1. The Balaban J connectivity index is 1.62. The number of aliphatic imine (C=N–C) groups is 1. The summed E-state index contributed by atoms with van der Waals surface area (Å²) in [5, 5.41) is 4.16. The maximum Gasteiger partial charge on any atom is 0.193 e. The van der Waals surface area contributed by atoms with Crippen molar-refractivity contribution in [2.45, 2.75) is 24.9 Å². The lowest BCUT2D eigenvalue weighted by molar-refractivity contribution is 0.460. The zero-order valence-electron chi connectivity index (χ0n) is 14.1. The third kappa shape index (κ3) is 3.56. The van der Waals surface area contributed by atoms with Crippen molar-refractivity contribution in [1.82, 2.24) is 14.8 Å². The summed E-state index contributed by atoms with van der Waals surface area (Å²) in [4.78, 5) is 6.39. The van der Waals surface area contributed by atoms with Gasteiger partial charge in [-0.3, -0.25) is 4.99 Å². The number of nitrogens with zero attached hydrogens (tertiary/aromatic N) is 3. The van der Waals surface area contributed by atoms with Crippen LogP contribution in [0.1, 0.15) is 23.6 Å². The molecule has 1 fully saturated rings. The average Bonchev–Trinajstić information content (AvgIpc) is 3.23. The molecule has 2 atom stereocenters. The molecule has 1 N–H and O–H groups in total. The summed E-state index contributed by atoms with van der Waals surface area (Å²) in [7, 11) is 5.72. The van der Waals surface area contributed by atoms with E-state index in [9.17, 15) is 4.39 Å². The van der Waals surface area contributed by atoms with Crippen LogP contribution in [0.25, 0.3) is 0 Å². The average molecular weight is 349 g/mol. The summed E-state index contributed by atoms with van der Waals surface area (Å²) in [5.74, 6) is 0.880. The summed E-state index contributed by atoms with van der Waals surface area (Å²) in [6.07, 6.45) is 2.81. The van der Waals surface area contributed by atoms with Crippen LogP contribution in [0.4, 0.5) is 4.39 Å². The standard InChI is InChI=1S/C18H22ClFN4/c1-21-18(24(3)11-13-8-12(19)10-23(13)2)22-17-9-15(17)14-6-4-5-7-16(14)20/h4-8,10,15,17H,9,11H2,1-3H3,(H,21,22). The highest BCUT2D eigenvalue weighted by atomic mass is 35.5. The normalized spacial score (nSPS) is 20.1. The molecule has 0 amide bonds.